The van der Waals surface area contributed by atoms with Crippen molar-refractivity contribution in [2.24, 2.45) is 5.10 Å². The molecule has 2 rings (SSSR count). The van der Waals surface area contributed by atoms with Crippen LogP contribution in [-0.2, 0) is 9.59 Å². The van der Waals surface area contributed by atoms with Gasteiger partial charge in [0.25, 0.3) is 0 Å². The number of carbonyl (C=O) groups excluding carboxylic acids is 2. The Kier molecular flexibility index (Phi) is 5.97. The molecule has 130 valence electrons. The second-order valence-electron chi connectivity index (χ2n) is 4.96. The summed E-state index contributed by atoms with van der Waals surface area (Å²) in [5.41, 5.74) is 3.49. The first-order valence-corrected chi connectivity index (χ1v) is 7.57. The summed E-state index contributed by atoms with van der Waals surface area (Å²) in [7, 11) is 1.42. The largest absolute Gasteiger partial charge is 0.504 e. The number of nitrogens with one attached hydrogen (secondary N) is 2. The van der Waals surface area contributed by atoms with Crippen LogP contribution in [-0.4, -0.2) is 30.2 Å². The first kappa shape index (κ1) is 18.3. The maximum Gasteiger partial charge on any atom is 0.329 e. The van der Waals surface area contributed by atoms with E-state index in [1.807, 2.05) is 0 Å². The molecule has 0 unspecified atom stereocenters. The lowest BCUT2D eigenvalue weighted by Gasteiger charge is -2.08. The molecule has 25 heavy (non-hydrogen) atoms. The number of hydrazone groups is 1. The number of phenols is 1. The molecule has 0 saturated carbocycles. The van der Waals surface area contributed by atoms with Gasteiger partial charge in [0, 0.05) is 16.3 Å². The van der Waals surface area contributed by atoms with Crippen LogP contribution in [0.25, 0.3) is 0 Å². The number of phenolic OH excluding ortho intramolecular Hbond substituents is 1. The van der Waals surface area contributed by atoms with Crippen LogP contribution in [0.1, 0.15) is 11.1 Å². The zero-order valence-electron chi connectivity index (χ0n) is 13.5. The Hall–Kier alpha value is -3.06. The molecule has 2 aromatic rings. The third-order valence-corrected chi connectivity index (χ3v) is 3.75. The van der Waals surface area contributed by atoms with E-state index in [2.05, 4.69) is 15.8 Å². The van der Waals surface area contributed by atoms with Crippen LogP contribution in [0.3, 0.4) is 0 Å². The van der Waals surface area contributed by atoms with Gasteiger partial charge in [-0.1, -0.05) is 23.7 Å². The van der Waals surface area contributed by atoms with Gasteiger partial charge in [0.1, 0.15) is 0 Å². The molecule has 0 heterocycles. The van der Waals surface area contributed by atoms with E-state index in [1.165, 1.54) is 13.3 Å². The topological polar surface area (TPSA) is 100 Å². The van der Waals surface area contributed by atoms with Gasteiger partial charge in [-0.2, -0.15) is 5.10 Å². The van der Waals surface area contributed by atoms with Gasteiger partial charge >= 0.3 is 11.8 Å². The minimum atomic E-state index is -0.960. The summed E-state index contributed by atoms with van der Waals surface area (Å²) in [4.78, 5) is 23.7. The molecule has 2 aromatic carbocycles. The lowest BCUT2D eigenvalue weighted by molar-refractivity contribution is -0.136. The number of rotatable bonds is 4. The Labute approximate surface area is 149 Å². The molecule has 0 spiro atoms. The maximum atomic E-state index is 11.9. The summed E-state index contributed by atoms with van der Waals surface area (Å²) in [6.45, 7) is 1.72. The van der Waals surface area contributed by atoms with Crippen molar-refractivity contribution >= 4 is 35.3 Å². The third-order valence-electron chi connectivity index (χ3n) is 3.34. The molecule has 0 atom stereocenters. The predicted molar refractivity (Wildman–Crippen MR) is 95.2 cm³/mol. The van der Waals surface area contributed by atoms with E-state index >= 15 is 0 Å². The highest BCUT2D eigenvalue weighted by molar-refractivity contribution is 6.40. The number of halogens is 1. The molecule has 8 heteroatoms. The zero-order chi connectivity index (χ0) is 18.4. The second-order valence-corrected chi connectivity index (χ2v) is 5.37. The van der Waals surface area contributed by atoms with E-state index in [-0.39, 0.29) is 11.5 Å². The molecule has 0 aliphatic heterocycles. The summed E-state index contributed by atoms with van der Waals surface area (Å²) in [5.74, 6) is -1.71. The van der Waals surface area contributed by atoms with E-state index in [0.29, 0.717) is 21.8 Å². The van der Waals surface area contributed by atoms with E-state index in [0.717, 1.165) is 0 Å². The fraction of sp³-hybridized carbons (Fsp3) is 0.118. The van der Waals surface area contributed by atoms with E-state index < -0.39 is 11.8 Å². The second kappa shape index (κ2) is 8.16. The maximum absolute atomic E-state index is 11.9. The average Bonchev–Trinajstić information content (AvgIpc) is 2.60. The quantitative estimate of drug-likeness (QED) is 0.442. The van der Waals surface area contributed by atoms with Crippen LogP contribution in [0.2, 0.25) is 5.02 Å². The number of hydrogen-bond acceptors (Lipinski definition) is 5. The van der Waals surface area contributed by atoms with Gasteiger partial charge in [0.05, 0.1) is 13.3 Å². The van der Waals surface area contributed by atoms with Crippen molar-refractivity contribution in [3.05, 3.63) is 52.5 Å². The average molecular weight is 362 g/mol. The van der Waals surface area contributed by atoms with Crippen molar-refractivity contribution in [2.45, 2.75) is 6.92 Å². The van der Waals surface area contributed by atoms with Gasteiger partial charge in [-0.15, -0.1) is 0 Å². The molecular formula is C17H16ClN3O4. The number of ether oxygens (including phenoxy) is 1. The standard InChI is InChI=1S/C17H16ClN3O4/c1-10-12(18)6-4-7-13(10)20-16(23)17(24)21-19-9-11-5-3-8-14(25-2)15(11)22/h3-9,22H,1-2H3,(H,20,23)(H,21,24). The van der Waals surface area contributed by atoms with Crippen LogP contribution in [0, 0.1) is 6.92 Å². The number of amides is 2. The lowest BCUT2D eigenvalue weighted by Crippen LogP contribution is -2.32. The number of hydrogen-bond donors (Lipinski definition) is 3. The summed E-state index contributed by atoms with van der Waals surface area (Å²) in [5, 5.41) is 16.5. The number of para-hydroxylation sites is 1. The van der Waals surface area contributed by atoms with Crippen LogP contribution >= 0.6 is 11.6 Å². The van der Waals surface area contributed by atoms with Gasteiger partial charge in [0.2, 0.25) is 0 Å². The van der Waals surface area contributed by atoms with E-state index in [1.54, 1.807) is 43.3 Å². The van der Waals surface area contributed by atoms with Crippen molar-refractivity contribution in [1.29, 1.82) is 0 Å². The first-order chi connectivity index (χ1) is 11.9. The van der Waals surface area contributed by atoms with Gasteiger partial charge in [-0.3, -0.25) is 9.59 Å². The minimum Gasteiger partial charge on any atom is -0.504 e. The highest BCUT2D eigenvalue weighted by Gasteiger charge is 2.14. The molecule has 0 radical (unpaired) electrons. The summed E-state index contributed by atoms with van der Waals surface area (Å²) < 4.78 is 4.96. The minimum absolute atomic E-state index is 0.123. The molecule has 0 saturated heterocycles. The number of nitrogens with zero attached hydrogens (tertiary/aromatic N) is 1. The first-order valence-electron chi connectivity index (χ1n) is 7.19. The summed E-state index contributed by atoms with van der Waals surface area (Å²) in [6.07, 6.45) is 1.20. The number of carbonyl (C=O) groups is 2. The Bertz CT molecular complexity index is 837. The Morgan fingerprint density at radius 1 is 1.20 bits per heavy atom. The molecule has 2 amide bonds. The Morgan fingerprint density at radius 3 is 2.64 bits per heavy atom. The molecule has 3 N–H and O–H groups in total. The molecule has 0 aliphatic carbocycles. The third kappa shape index (κ3) is 4.48. The molecule has 7 nitrogen and oxygen atoms in total. The van der Waals surface area contributed by atoms with Crippen molar-refractivity contribution in [2.75, 3.05) is 12.4 Å². The number of methoxy groups -OCH3 is 1. The number of anilines is 1. The SMILES string of the molecule is COc1cccc(C=NNC(=O)C(=O)Nc2cccc(Cl)c2C)c1O. The molecule has 0 aliphatic rings. The van der Waals surface area contributed by atoms with Crippen molar-refractivity contribution in [3.8, 4) is 11.5 Å². The van der Waals surface area contributed by atoms with E-state index in [9.17, 15) is 14.7 Å². The molecule has 0 aromatic heterocycles. The molecule has 0 fully saturated rings. The van der Waals surface area contributed by atoms with Crippen LogP contribution in [0.4, 0.5) is 5.69 Å². The fourth-order valence-corrected chi connectivity index (χ4v) is 2.12. The van der Waals surface area contributed by atoms with E-state index in [4.69, 9.17) is 16.3 Å². The molecule has 0 bridgehead atoms. The van der Waals surface area contributed by atoms with Gasteiger partial charge in [-0.05, 0) is 36.8 Å². The van der Waals surface area contributed by atoms with Crippen LogP contribution in [0.5, 0.6) is 11.5 Å². The highest BCUT2D eigenvalue weighted by atomic mass is 35.5. The predicted octanol–water partition coefficient (Wildman–Crippen LogP) is 2.45. The summed E-state index contributed by atoms with van der Waals surface area (Å²) >= 11 is 5.96. The normalized spacial score (nSPS) is 10.5. The van der Waals surface area contributed by atoms with Crippen LogP contribution in [0.15, 0.2) is 41.5 Å². The number of benzene rings is 2. The van der Waals surface area contributed by atoms with Crippen molar-refractivity contribution < 1.29 is 19.4 Å². The van der Waals surface area contributed by atoms with Crippen molar-refractivity contribution in [1.82, 2.24) is 5.43 Å². The van der Waals surface area contributed by atoms with Crippen LogP contribution < -0.4 is 15.5 Å². The zero-order valence-corrected chi connectivity index (χ0v) is 14.3. The Morgan fingerprint density at radius 2 is 1.92 bits per heavy atom. The summed E-state index contributed by atoms with van der Waals surface area (Å²) in [6, 6.07) is 9.76. The fourth-order valence-electron chi connectivity index (χ4n) is 1.94. The lowest BCUT2D eigenvalue weighted by atomic mass is 10.2. The number of aromatic hydroxyl groups is 1. The van der Waals surface area contributed by atoms with Crippen molar-refractivity contribution in [3.63, 3.8) is 0 Å². The van der Waals surface area contributed by atoms with Gasteiger partial charge < -0.3 is 15.2 Å². The monoisotopic (exact) mass is 361 g/mol. The molecular weight excluding hydrogens is 346 g/mol. The smallest absolute Gasteiger partial charge is 0.329 e. The van der Waals surface area contributed by atoms with Gasteiger partial charge in [-0.25, -0.2) is 5.43 Å². The highest BCUT2D eigenvalue weighted by Crippen LogP contribution is 2.27. The van der Waals surface area contributed by atoms with Gasteiger partial charge in [0.15, 0.2) is 11.5 Å². The Balaban J connectivity index is 2.00.